The van der Waals surface area contributed by atoms with Crippen molar-refractivity contribution in [1.29, 1.82) is 0 Å². The van der Waals surface area contributed by atoms with Crippen LogP contribution in [0.1, 0.15) is 11.3 Å². The van der Waals surface area contributed by atoms with E-state index in [1.165, 1.54) is 6.07 Å². The van der Waals surface area contributed by atoms with E-state index in [2.05, 4.69) is 5.10 Å². The van der Waals surface area contributed by atoms with E-state index in [9.17, 15) is 4.39 Å². The second-order valence-corrected chi connectivity index (χ2v) is 2.98. The lowest BCUT2D eigenvalue weighted by Crippen LogP contribution is -1.91. The van der Waals surface area contributed by atoms with E-state index < -0.39 is 0 Å². The molecule has 0 saturated heterocycles. The molecule has 0 spiro atoms. The molecule has 2 rings (SSSR count). The summed E-state index contributed by atoms with van der Waals surface area (Å²) in [7, 11) is 0. The minimum absolute atomic E-state index is 0.212. The summed E-state index contributed by atoms with van der Waals surface area (Å²) in [5.74, 6) is -0.212. The van der Waals surface area contributed by atoms with Crippen molar-refractivity contribution in [3.8, 4) is 0 Å². The Morgan fingerprint density at radius 2 is 2.08 bits per heavy atom. The highest BCUT2D eigenvalue weighted by Gasteiger charge is 2.03. The number of nitrogens with zero attached hydrogens (tertiary/aromatic N) is 2. The van der Waals surface area contributed by atoms with E-state index in [0.29, 0.717) is 5.52 Å². The van der Waals surface area contributed by atoms with E-state index >= 15 is 0 Å². The SMILES string of the molecule is Cc1cc(F)c2cc(C)nn2c1. The van der Waals surface area contributed by atoms with Gasteiger partial charge in [-0.3, -0.25) is 0 Å². The quantitative estimate of drug-likeness (QED) is 0.582. The standard InChI is InChI=1S/C9H9FN2/c1-6-3-8(10)9-4-7(2)11-12(9)5-6/h3-5H,1-2H3. The lowest BCUT2D eigenvalue weighted by Gasteiger charge is -1.96. The number of rotatable bonds is 0. The summed E-state index contributed by atoms with van der Waals surface area (Å²) in [5, 5.41) is 4.11. The van der Waals surface area contributed by atoms with Crippen molar-refractivity contribution in [2.75, 3.05) is 0 Å². The number of fused-ring (bicyclic) bond motifs is 1. The van der Waals surface area contributed by atoms with Gasteiger partial charge in [-0.25, -0.2) is 8.91 Å². The molecule has 0 aliphatic rings. The Bertz CT molecular complexity index is 431. The van der Waals surface area contributed by atoms with Crippen molar-refractivity contribution in [3.63, 3.8) is 0 Å². The number of halogens is 1. The Morgan fingerprint density at radius 3 is 2.83 bits per heavy atom. The molecule has 2 nitrogen and oxygen atoms in total. The molecule has 0 atom stereocenters. The molecule has 2 heterocycles. The highest BCUT2D eigenvalue weighted by molar-refractivity contribution is 5.49. The van der Waals surface area contributed by atoms with Crippen LogP contribution in [0.2, 0.25) is 0 Å². The Kier molecular flexibility index (Phi) is 1.40. The lowest BCUT2D eigenvalue weighted by molar-refractivity contribution is 0.628. The van der Waals surface area contributed by atoms with Crippen LogP contribution in [-0.2, 0) is 0 Å². The molecule has 0 bridgehead atoms. The van der Waals surface area contributed by atoms with Crippen LogP contribution in [0.5, 0.6) is 0 Å². The van der Waals surface area contributed by atoms with E-state index in [-0.39, 0.29) is 5.82 Å². The van der Waals surface area contributed by atoms with Crippen molar-refractivity contribution in [1.82, 2.24) is 9.61 Å². The molecule has 2 aromatic heterocycles. The van der Waals surface area contributed by atoms with Gasteiger partial charge in [0.2, 0.25) is 0 Å². The number of hydrogen-bond donors (Lipinski definition) is 0. The van der Waals surface area contributed by atoms with Gasteiger partial charge in [0.15, 0.2) is 0 Å². The topological polar surface area (TPSA) is 17.3 Å². The maximum atomic E-state index is 13.2. The molecular formula is C9H9FN2. The zero-order chi connectivity index (χ0) is 8.72. The summed E-state index contributed by atoms with van der Waals surface area (Å²) < 4.78 is 14.8. The zero-order valence-electron chi connectivity index (χ0n) is 7.00. The van der Waals surface area contributed by atoms with Gasteiger partial charge < -0.3 is 0 Å². The Morgan fingerprint density at radius 1 is 1.33 bits per heavy atom. The van der Waals surface area contributed by atoms with Gasteiger partial charge in [0.05, 0.1) is 5.69 Å². The first-order valence-electron chi connectivity index (χ1n) is 3.79. The molecule has 12 heavy (non-hydrogen) atoms. The zero-order valence-corrected chi connectivity index (χ0v) is 7.00. The van der Waals surface area contributed by atoms with E-state index in [1.54, 1.807) is 10.6 Å². The minimum atomic E-state index is -0.212. The molecule has 0 radical (unpaired) electrons. The summed E-state index contributed by atoms with van der Waals surface area (Å²) in [5.41, 5.74) is 2.25. The molecule has 0 aliphatic carbocycles. The highest BCUT2D eigenvalue weighted by Crippen LogP contribution is 2.12. The monoisotopic (exact) mass is 164 g/mol. The Labute approximate surface area is 69.6 Å². The summed E-state index contributed by atoms with van der Waals surface area (Å²) in [6, 6.07) is 3.24. The number of aromatic nitrogens is 2. The predicted molar refractivity (Wildman–Crippen MR) is 44.6 cm³/mol. The third-order valence-corrected chi connectivity index (χ3v) is 1.78. The first kappa shape index (κ1) is 7.28. The fraction of sp³-hybridized carbons (Fsp3) is 0.222. The molecule has 2 aromatic rings. The van der Waals surface area contributed by atoms with Crippen LogP contribution in [0.15, 0.2) is 18.3 Å². The van der Waals surface area contributed by atoms with Crippen LogP contribution >= 0.6 is 0 Å². The molecule has 0 aromatic carbocycles. The van der Waals surface area contributed by atoms with Crippen LogP contribution in [0.25, 0.3) is 5.52 Å². The van der Waals surface area contributed by atoms with E-state index in [1.807, 2.05) is 20.0 Å². The fourth-order valence-corrected chi connectivity index (χ4v) is 1.30. The Balaban J connectivity index is 2.88. The first-order valence-corrected chi connectivity index (χ1v) is 3.79. The van der Waals surface area contributed by atoms with Crippen LogP contribution < -0.4 is 0 Å². The molecule has 3 heteroatoms. The molecule has 0 amide bonds. The van der Waals surface area contributed by atoms with Crippen LogP contribution in [-0.4, -0.2) is 9.61 Å². The minimum Gasteiger partial charge on any atom is -0.237 e. The Hall–Kier alpha value is -1.38. The number of aryl methyl sites for hydroxylation is 2. The highest BCUT2D eigenvalue weighted by atomic mass is 19.1. The third-order valence-electron chi connectivity index (χ3n) is 1.78. The maximum absolute atomic E-state index is 13.2. The van der Waals surface area contributed by atoms with Crippen LogP contribution in [0.3, 0.4) is 0 Å². The molecular weight excluding hydrogens is 155 g/mol. The fourth-order valence-electron chi connectivity index (χ4n) is 1.30. The second-order valence-electron chi connectivity index (χ2n) is 2.98. The average molecular weight is 164 g/mol. The third kappa shape index (κ3) is 0.978. The summed E-state index contributed by atoms with van der Waals surface area (Å²) in [6.45, 7) is 3.70. The van der Waals surface area contributed by atoms with E-state index in [0.717, 1.165) is 11.3 Å². The van der Waals surface area contributed by atoms with Crippen molar-refractivity contribution in [2.24, 2.45) is 0 Å². The maximum Gasteiger partial charge on any atom is 0.149 e. The van der Waals surface area contributed by atoms with Gasteiger partial charge >= 0.3 is 0 Å². The first-order chi connectivity index (χ1) is 5.66. The number of pyridine rings is 1. The molecule has 0 fully saturated rings. The van der Waals surface area contributed by atoms with Crippen LogP contribution in [0, 0.1) is 19.7 Å². The molecule has 0 aliphatic heterocycles. The van der Waals surface area contributed by atoms with Gasteiger partial charge in [-0.05, 0) is 31.5 Å². The van der Waals surface area contributed by atoms with Crippen molar-refractivity contribution in [3.05, 3.63) is 35.4 Å². The van der Waals surface area contributed by atoms with Crippen LogP contribution in [0.4, 0.5) is 4.39 Å². The normalized spacial score (nSPS) is 10.9. The summed E-state index contributed by atoms with van der Waals surface area (Å²) in [6.07, 6.45) is 1.81. The summed E-state index contributed by atoms with van der Waals surface area (Å²) >= 11 is 0. The lowest BCUT2D eigenvalue weighted by atomic mass is 10.3. The predicted octanol–water partition coefficient (Wildman–Crippen LogP) is 2.09. The average Bonchev–Trinajstić information content (AvgIpc) is 2.29. The second kappa shape index (κ2) is 2.30. The van der Waals surface area contributed by atoms with Crippen molar-refractivity contribution < 1.29 is 4.39 Å². The molecule has 0 unspecified atom stereocenters. The van der Waals surface area contributed by atoms with Gasteiger partial charge in [0, 0.05) is 6.20 Å². The molecule has 0 saturated carbocycles. The largest absolute Gasteiger partial charge is 0.237 e. The van der Waals surface area contributed by atoms with Crippen molar-refractivity contribution in [2.45, 2.75) is 13.8 Å². The van der Waals surface area contributed by atoms with Gasteiger partial charge in [-0.1, -0.05) is 0 Å². The van der Waals surface area contributed by atoms with E-state index in [4.69, 9.17) is 0 Å². The number of hydrogen-bond acceptors (Lipinski definition) is 1. The van der Waals surface area contributed by atoms with Gasteiger partial charge in [-0.2, -0.15) is 5.10 Å². The van der Waals surface area contributed by atoms with Gasteiger partial charge in [-0.15, -0.1) is 0 Å². The summed E-state index contributed by atoms with van der Waals surface area (Å²) in [4.78, 5) is 0. The van der Waals surface area contributed by atoms with Gasteiger partial charge in [0.25, 0.3) is 0 Å². The molecule has 62 valence electrons. The molecule has 0 N–H and O–H groups in total. The smallest absolute Gasteiger partial charge is 0.149 e. The van der Waals surface area contributed by atoms with Gasteiger partial charge in [0.1, 0.15) is 11.3 Å². The van der Waals surface area contributed by atoms with Crippen molar-refractivity contribution >= 4 is 5.52 Å².